The molecule has 4 nitrogen and oxygen atoms in total. The zero-order valence-corrected chi connectivity index (χ0v) is 12.8. The summed E-state index contributed by atoms with van der Waals surface area (Å²) < 4.78 is 5.45. The molecule has 0 bridgehead atoms. The van der Waals surface area contributed by atoms with Gasteiger partial charge in [0.25, 0.3) is 5.91 Å². The zero-order chi connectivity index (χ0) is 15.4. The highest BCUT2D eigenvalue weighted by Crippen LogP contribution is 2.30. The molecule has 0 fully saturated rings. The van der Waals surface area contributed by atoms with E-state index in [9.17, 15) is 4.79 Å². The van der Waals surface area contributed by atoms with Crippen molar-refractivity contribution in [3.05, 3.63) is 52.0 Å². The van der Waals surface area contributed by atoms with E-state index >= 15 is 0 Å². The van der Waals surface area contributed by atoms with Gasteiger partial charge in [0.1, 0.15) is 5.75 Å². The van der Waals surface area contributed by atoms with Gasteiger partial charge in [-0.2, -0.15) is 0 Å². The molecule has 6 heteroatoms. The second-order valence-corrected chi connectivity index (χ2v) is 5.08. The molecule has 0 aliphatic rings. The molecule has 0 unspecified atom stereocenters. The molecule has 0 saturated heterocycles. The zero-order valence-electron chi connectivity index (χ0n) is 11.3. The average Bonchev–Trinajstić information content (AvgIpc) is 2.42. The number of nitrogens with one attached hydrogen (secondary N) is 1. The number of nitrogen functional groups attached to an aromatic ring is 1. The van der Waals surface area contributed by atoms with Crippen LogP contribution < -0.4 is 15.8 Å². The van der Waals surface area contributed by atoms with Crippen LogP contribution in [0, 0.1) is 0 Å². The average molecular weight is 325 g/mol. The number of nitrogens with two attached hydrogens (primary N) is 1. The van der Waals surface area contributed by atoms with Crippen LogP contribution in [0.3, 0.4) is 0 Å². The van der Waals surface area contributed by atoms with E-state index in [0.29, 0.717) is 28.8 Å². The minimum atomic E-state index is -0.415. The Kier molecular flexibility index (Phi) is 4.94. The Morgan fingerprint density at radius 1 is 1.29 bits per heavy atom. The molecule has 0 aliphatic carbocycles. The maximum Gasteiger partial charge on any atom is 0.259 e. The van der Waals surface area contributed by atoms with Crippen molar-refractivity contribution in [1.29, 1.82) is 0 Å². The first-order chi connectivity index (χ1) is 10.0. The van der Waals surface area contributed by atoms with Crippen LogP contribution in [0.5, 0.6) is 5.75 Å². The molecule has 2 rings (SSSR count). The number of halogens is 2. The number of benzene rings is 2. The first-order valence-electron chi connectivity index (χ1n) is 6.30. The van der Waals surface area contributed by atoms with Crippen molar-refractivity contribution in [1.82, 2.24) is 0 Å². The normalized spacial score (nSPS) is 10.2. The fourth-order valence-corrected chi connectivity index (χ4v) is 2.29. The van der Waals surface area contributed by atoms with E-state index < -0.39 is 5.91 Å². The fourth-order valence-electron chi connectivity index (χ4n) is 1.85. The molecule has 0 heterocycles. The highest BCUT2D eigenvalue weighted by atomic mass is 35.5. The SMILES string of the molecule is CCOc1ccc(Cl)cc1NC(=O)c1c(N)cccc1Cl. The van der Waals surface area contributed by atoms with Gasteiger partial charge in [0, 0.05) is 10.7 Å². The van der Waals surface area contributed by atoms with Gasteiger partial charge >= 0.3 is 0 Å². The summed E-state index contributed by atoms with van der Waals surface area (Å²) in [4.78, 5) is 12.3. The Morgan fingerprint density at radius 2 is 2.05 bits per heavy atom. The molecule has 0 radical (unpaired) electrons. The summed E-state index contributed by atoms with van der Waals surface area (Å²) in [6, 6.07) is 9.89. The lowest BCUT2D eigenvalue weighted by Gasteiger charge is -2.13. The molecule has 2 aromatic carbocycles. The highest BCUT2D eigenvalue weighted by Gasteiger charge is 2.16. The third-order valence-corrected chi connectivity index (χ3v) is 3.31. The fraction of sp³-hybridized carbons (Fsp3) is 0.133. The molecule has 2 aromatic rings. The molecular weight excluding hydrogens is 311 g/mol. The van der Waals surface area contributed by atoms with E-state index in [4.69, 9.17) is 33.7 Å². The number of anilines is 2. The molecule has 0 aliphatic heterocycles. The lowest BCUT2D eigenvalue weighted by Crippen LogP contribution is -2.15. The van der Waals surface area contributed by atoms with Gasteiger partial charge in [-0.3, -0.25) is 4.79 Å². The number of rotatable bonds is 4. The second-order valence-electron chi connectivity index (χ2n) is 4.23. The standard InChI is InChI=1S/C15H14Cl2N2O2/c1-2-21-13-7-6-9(16)8-12(13)19-15(20)14-10(17)4-3-5-11(14)18/h3-8H,2,18H2,1H3,(H,19,20). The van der Waals surface area contributed by atoms with Gasteiger partial charge in [-0.1, -0.05) is 29.3 Å². The van der Waals surface area contributed by atoms with Crippen molar-refractivity contribution in [3.8, 4) is 5.75 Å². The van der Waals surface area contributed by atoms with E-state index in [1.54, 1.807) is 36.4 Å². The van der Waals surface area contributed by atoms with Crippen molar-refractivity contribution in [2.75, 3.05) is 17.7 Å². The Morgan fingerprint density at radius 3 is 2.71 bits per heavy atom. The summed E-state index contributed by atoms with van der Waals surface area (Å²) in [7, 11) is 0. The monoisotopic (exact) mass is 324 g/mol. The van der Waals surface area contributed by atoms with Gasteiger partial charge in [-0.05, 0) is 37.3 Å². The van der Waals surface area contributed by atoms with E-state index in [0.717, 1.165) is 0 Å². The minimum absolute atomic E-state index is 0.224. The Balaban J connectivity index is 2.33. The van der Waals surface area contributed by atoms with Crippen molar-refractivity contribution in [2.24, 2.45) is 0 Å². The second kappa shape index (κ2) is 6.70. The molecule has 110 valence electrons. The van der Waals surface area contributed by atoms with Crippen LogP contribution in [0.25, 0.3) is 0 Å². The first-order valence-corrected chi connectivity index (χ1v) is 7.06. The maximum atomic E-state index is 12.3. The van der Waals surface area contributed by atoms with Crippen LogP contribution in [-0.2, 0) is 0 Å². The van der Waals surface area contributed by atoms with E-state index in [1.807, 2.05) is 6.92 Å². The van der Waals surface area contributed by atoms with E-state index in [-0.39, 0.29) is 10.6 Å². The Hall–Kier alpha value is -1.91. The third-order valence-electron chi connectivity index (χ3n) is 2.76. The van der Waals surface area contributed by atoms with Gasteiger partial charge in [-0.25, -0.2) is 0 Å². The molecule has 1 amide bonds. The van der Waals surface area contributed by atoms with Gasteiger partial charge in [0.05, 0.1) is 22.9 Å². The summed E-state index contributed by atoms with van der Waals surface area (Å²) in [5.41, 5.74) is 6.80. The van der Waals surface area contributed by atoms with Crippen LogP contribution >= 0.6 is 23.2 Å². The quantitative estimate of drug-likeness (QED) is 0.827. The Labute approximate surface area is 132 Å². The van der Waals surface area contributed by atoms with Gasteiger partial charge in [0.15, 0.2) is 0 Å². The molecule has 3 N–H and O–H groups in total. The summed E-state index contributed by atoms with van der Waals surface area (Å²) in [5, 5.41) is 3.49. The van der Waals surface area contributed by atoms with Crippen LogP contribution in [0.2, 0.25) is 10.0 Å². The summed E-state index contributed by atoms with van der Waals surface area (Å²) >= 11 is 12.0. The van der Waals surface area contributed by atoms with E-state index in [2.05, 4.69) is 5.32 Å². The number of carbonyl (C=O) groups is 1. The third kappa shape index (κ3) is 3.60. The number of hydrogen-bond acceptors (Lipinski definition) is 3. The lowest BCUT2D eigenvalue weighted by atomic mass is 10.1. The van der Waals surface area contributed by atoms with Crippen LogP contribution in [0.15, 0.2) is 36.4 Å². The smallest absolute Gasteiger partial charge is 0.259 e. The first kappa shape index (κ1) is 15.5. The predicted molar refractivity (Wildman–Crippen MR) is 86.4 cm³/mol. The van der Waals surface area contributed by atoms with E-state index in [1.165, 1.54) is 0 Å². The number of carbonyl (C=O) groups excluding carboxylic acids is 1. The highest BCUT2D eigenvalue weighted by molar-refractivity contribution is 6.35. The van der Waals surface area contributed by atoms with Crippen molar-refractivity contribution in [2.45, 2.75) is 6.92 Å². The Bertz CT molecular complexity index is 654. The maximum absolute atomic E-state index is 12.3. The summed E-state index contributed by atoms with van der Waals surface area (Å²) in [6.45, 7) is 2.32. The van der Waals surface area contributed by atoms with Crippen molar-refractivity contribution >= 4 is 40.5 Å². The molecule has 0 aromatic heterocycles. The van der Waals surface area contributed by atoms with Gasteiger partial charge in [0.2, 0.25) is 0 Å². The summed E-state index contributed by atoms with van der Waals surface area (Å²) in [5.74, 6) is 0.113. The van der Waals surface area contributed by atoms with Crippen molar-refractivity contribution < 1.29 is 9.53 Å². The predicted octanol–water partition coefficient (Wildman–Crippen LogP) is 4.23. The molecule has 21 heavy (non-hydrogen) atoms. The molecule has 0 spiro atoms. The van der Waals surface area contributed by atoms with Crippen LogP contribution in [0.4, 0.5) is 11.4 Å². The number of amides is 1. The molecule has 0 saturated carbocycles. The lowest BCUT2D eigenvalue weighted by molar-refractivity contribution is 0.102. The largest absolute Gasteiger partial charge is 0.492 e. The summed E-state index contributed by atoms with van der Waals surface area (Å²) in [6.07, 6.45) is 0. The number of hydrogen-bond donors (Lipinski definition) is 2. The molecular formula is C15H14Cl2N2O2. The van der Waals surface area contributed by atoms with Gasteiger partial charge < -0.3 is 15.8 Å². The molecule has 0 atom stereocenters. The van der Waals surface area contributed by atoms with Crippen LogP contribution in [0.1, 0.15) is 17.3 Å². The minimum Gasteiger partial charge on any atom is -0.492 e. The topological polar surface area (TPSA) is 64.3 Å². The van der Waals surface area contributed by atoms with Crippen LogP contribution in [-0.4, -0.2) is 12.5 Å². The van der Waals surface area contributed by atoms with Crippen molar-refractivity contribution in [3.63, 3.8) is 0 Å². The number of ether oxygens (including phenoxy) is 1. The van der Waals surface area contributed by atoms with Gasteiger partial charge in [-0.15, -0.1) is 0 Å².